The molecule has 0 saturated heterocycles. The summed E-state index contributed by atoms with van der Waals surface area (Å²) >= 11 is 0. The molecule has 0 aliphatic heterocycles. The van der Waals surface area contributed by atoms with Crippen LogP contribution in [0.3, 0.4) is 0 Å². The first kappa shape index (κ1) is 28.5. The van der Waals surface area contributed by atoms with Gasteiger partial charge in [-0.3, -0.25) is 4.79 Å². The Morgan fingerprint density at radius 3 is 1.73 bits per heavy atom. The zero-order valence-corrected chi connectivity index (χ0v) is 23.0. The maximum absolute atomic E-state index is 12.4. The Balaban J connectivity index is 1.50. The first-order valence-electron chi connectivity index (χ1n) is 14.2. The summed E-state index contributed by atoms with van der Waals surface area (Å²) in [5.74, 6) is 0.787. The highest BCUT2D eigenvalue weighted by molar-refractivity contribution is 5.83. The molecule has 0 amide bonds. The molecule has 3 aromatic carbocycles. The van der Waals surface area contributed by atoms with Crippen molar-refractivity contribution in [3.63, 3.8) is 0 Å². The normalized spacial score (nSPS) is 11.8. The van der Waals surface area contributed by atoms with Crippen LogP contribution in [-0.2, 0) is 9.53 Å². The van der Waals surface area contributed by atoms with Crippen LogP contribution in [0.2, 0.25) is 0 Å². The lowest BCUT2D eigenvalue weighted by Crippen LogP contribution is -2.08. The number of rotatable bonds is 16. The van der Waals surface area contributed by atoms with Gasteiger partial charge in [0.15, 0.2) is 0 Å². The highest BCUT2D eigenvalue weighted by Gasteiger charge is 2.13. The minimum Gasteiger partial charge on any atom is -0.494 e. The molecular formula is C34H44O3. The summed E-state index contributed by atoms with van der Waals surface area (Å²) in [6.45, 7) is 6.86. The first-order valence-corrected chi connectivity index (χ1v) is 14.2. The average Bonchev–Trinajstić information content (AvgIpc) is 2.93. The molecule has 0 bridgehead atoms. The fraction of sp³-hybridized carbons (Fsp3) is 0.441. The molecule has 1 unspecified atom stereocenters. The standard InChI is InChI=1S/C34H44O3/c1-4-6-7-8-9-10-11-12-13-18-34(35)37-27(3)28-19-21-29(22-20-28)32-16-14-15-17-33(32)30-23-25-31(26-24-30)36-5-2/h14-17,19-27H,4-13,18H2,1-3H3. The van der Waals surface area contributed by atoms with Gasteiger partial charge in [-0.05, 0) is 60.2 Å². The van der Waals surface area contributed by atoms with Crippen LogP contribution in [0, 0.1) is 0 Å². The molecule has 0 heterocycles. The third kappa shape index (κ3) is 9.39. The molecule has 1 atom stereocenters. The van der Waals surface area contributed by atoms with Crippen molar-refractivity contribution in [2.75, 3.05) is 6.61 Å². The number of hydrogen-bond acceptors (Lipinski definition) is 3. The van der Waals surface area contributed by atoms with Crippen LogP contribution >= 0.6 is 0 Å². The molecule has 0 aliphatic carbocycles. The van der Waals surface area contributed by atoms with E-state index < -0.39 is 0 Å². The minimum absolute atomic E-state index is 0.0969. The fourth-order valence-electron chi connectivity index (χ4n) is 4.72. The van der Waals surface area contributed by atoms with Gasteiger partial charge in [-0.25, -0.2) is 0 Å². The number of unbranched alkanes of at least 4 members (excludes halogenated alkanes) is 8. The average molecular weight is 501 g/mol. The topological polar surface area (TPSA) is 35.5 Å². The SMILES string of the molecule is CCCCCCCCCCCC(=O)OC(C)c1ccc(-c2ccccc2-c2ccc(OCC)cc2)cc1. The van der Waals surface area contributed by atoms with Crippen LogP contribution in [0.4, 0.5) is 0 Å². The van der Waals surface area contributed by atoms with Gasteiger partial charge in [0.05, 0.1) is 6.61 Å². The summed E-state index contributed by atoms with van der Waals surface area (Å²) in [5.41, 5.74) is 5.66. The number of ether oxygens (including phenoxy) is 2. The smallest absolute Gasteiger partial charge is 0.306 e. The van der Waals surface area contributed by atoms with Crippen molar-refractivity contribution in [1.82, 2.24) is 0 Å². The molecule has 198 valence electrons. The van der Waals surface area contributed by atoms with Crippen LogP contribution in [0.5, 0.6) is 5.75 Å². The minimum atomic E-state index is -0.249. The van der Waals surface area contributed by atoms with Crippen LogP contribution < -0.4 is 4.74 Å². The van der Waals surface area contributed by atoms with Crippen molar-refractivity contribution in [2.45, 2.75) is 91.1 Å². The summed E-state index contributed by atoms with van der Waals surface area (Å²) in [5, 5.41) is 0. The molecule has 3 aromatic rings. The van der Waals surface area contributed by atoms with Crippen LogP contribution in [0.15, 0.2) is 72.8 Å². The lowest BCUT2D eigenvalue weighted by atomic mass is 9.94. The van der Waals surface area contributed by atoms with E-state index in [4.69, 9.17) is 9.47 Å². The molecule has 0 fully saturated rings. The Kier molecular flexibility index (Phi) is 12.3. The number of esters is 1. The van der Waals surface area contributed by atoms with E-state index in [9.17, 15) is 4.79 Å². The van der Waals surface area contributed by atoms with E-state index in [1.807, 2.05) is 26.0 Å². The van der Waals surface area contributed by atoms with Crippen LogP contribution in [-0.4, -0.2) is 12.6 Å². The zero-order chi connectivity index (χ0) is 26.3. The summed E-state index contributed by atoms with van der Waals surface area (Å²) in [4.78, 5) is 12.4. The Hall–Kier alpha value is -3.07. The van der Waals surface area contributed by atoms with E-state index in [-0.39, 0.29) is 12.1 Å². The fourth-order valence-corrected chi connectivity index (χ4v) is 4.72. The molecule has 37 heavy (non-hydrogen) atoms. The Labute approximate surface area is 224 Å². The lowest BCUT2D eigenvalue weighted by Gasteiger charge is -2.15. The Morgan fingerprint density at radius 2 is 1.19 bits per heavy atom. The van der Waals surface area contributed by atoms with Crippen LogP contribution in [0.25, 0.3) is 22.3 Å². The molecule has 0 radical (unpaired) electrons. The number of carbonyl (C=O) groups excluding carboxylic acids is 1. The summed E-state index contributed by atoms with van der Waals surface area (Å²) < 4.78 is 11.3. The summed E-state index contributed by atoms with van der Waals surface area (Å²) in [6.07, 6.45) is 11.5. The van der Waals surface area contributed by atoms with Crippen molar-refractivity contribution < 1.29 is 14.3 Å². The van der Waals surface area contributed by atoms with E-state index >= 15 is 0 Å². The van der Waals surface area contributed by atoms with Gasteiger partial charge in [0.1, 0.15) is 11.9 Å². The number of benzene rings is 3. The number of hydrogen-bond donors (Lipinski definition) is 0. The molecule has 3 nitrogen and oxygen atoms in total. The molecule has 0 aromatic heterocycles. The van der Waals surface area contributed by atoms with Gasteiger partial charge in [0, 0.05) is 6.42 Å². The largest absolute Gasteiger partial charge is 0.494 e. The third-order valence-corrected chi connectivity index (χ3v) is 6.89. The zero-order valence-electron chi connectivity index (χ0n) is 23.0. The highest BCUT2D eigenvalue weighted by Crippen LogP contribution is 2.33. The van der Waals surface area contributed by atoms with E-state index in [2.05, 4.69) is 67.6 Å². The van der Waals surface area contributed by atoms with Crippen molar-refractivity contribution in [3.8, 4) is 28.0 Å². The van der Waals surface area contributed by atoms with Gasteiger partial charge in [0.2, 0.25) is 0 Å². The molecule has 0 saturated carbocycles. The second kappa shape index (κ2) is 15.9. The molecular weight excluding hydrogens is 456 g/mol. The quantitative estimate of drug-likeness (QED) is 0.145. The van der Waals surface area contributed by atoms with Crippen molar-refractivity contribution in [2.24, 2.45) is 0 Å². The predicted octanol–water partition coefficient (Wildman–Crippen LogP) is 9.94. The summed E-state index contributed by atoms with van der Waals surface area (Å²) in [6, 6.07) is 25.1. The van der Waals surface area contributed by atoms with E-state index in [1.54, 1.807) is 0 Å². The first-order chi connectivity index (χ1) is 18.1. The second-order valence-electron chi connectivity index (χ2n) is 9.84. The Morgan fingerprint density at radius 1 is 0.676 bits per heavy atom. The molecule has 0 N–H and O–H groups in total. The van der Waals surface area contributed by atoms with Gasteiger partial charge in [-0.15, -0.1) is 0 Å². The van der Waals surface area contributed by atoms with Gasteiger partial charge in [-0.1, -0.05) is 119 Å². The lowest BCUT2D eigenvalue weighted by molar-refractivity contribution is -0.148. The molecule has 0 spiro atoms. The van der Waals surface area contributed by atoms with E-state index in [0.717, 1.165) is 35.3 Å². The molecule has 3 rings (SSSR count). The monoisotopic (exact) mass is 500 g/mol. The molecule has 3 heteroatoms. The predicted molar refractivity (Wildman–Crippen MR) is 155 cm³/mol. The van der Waals surface area contributed by atoms with Crippen LogP contribution in [0.1, 0.15) is 96.6 Å². The van der Waals surface area contributed by atoms with E-state index in [1.165, 1.54) is 56.1 Å². The van der Waals surface area contributed by atoms with Gasteiger partial charge >= 0.3 is 5.97 Å². The van der Waals surface area contributed by atoms with Crippen molar-refractivity contribution >= 4 is 5.97 Å². The van der Waals surface area contributed by atoms with Crippen molar-refractivity contribution in [1.29, 1.82) is 0 Å². The van der Waals surface area contributed by atoms with Gasteiger partial charge in [-0.2, -0.15) is 0 Å². The molecule has 0 aliphatic rings. The van der Waals surface area contributed by atoms with Crippen molar-refractivity contribution in [3.05, 3.63) is 78.4 Å². The second-order valence-corrected chi connectivity index (χ2v) is 9.84. The van der Waals surface area contributed by atoms with Gasteiger partial charge < -0.3 is 9.47 Å². The van der Waals surface area contributed by atoms with Gasteiger partial charge in [0.25, 0.3) is 0 Å². The maximum Gasteiger partial charge on any atom is 0.306 e. The third-order valence-electron chi connectivity index (χ3n) is 6.89. The summed E-state index contributed by atoms with van der Waals surface area (Å²) in [7, 11) is 0. The van der Waals surface area contributed by atoms with E-state index in [0.29, 0.717) is 13.0 Å². The highest BCUT2D eigenvalue weighted by atomic mass is 16.5. The Bertz CT molecular complexity index is 1050. The maximum atomic E-state index is 12.4. The number of carbonyl (C=O) groups is 1.